The maximum absolute atomic E-state index is 13.1. The molecule has 2 aromatic rings. The van der Waals surface area contributed by atoms with Crippen molar-refractivity contribution >= 4 is 33.2 Å². The fourth-order valence-corrected chi connectivity index (χ4v) is 5.25. The summed E-state index contributed by atoms with van der Waals surface area (Å²) in [4.78, 5) is 26.5. The lowest BCUT2D eigenvalue weighted by Crippen LogP contribution is -2.44. The van der Waals surface area contributed by atoms with Gasteiger partial charge in [0.1, 0.15) is 6.04 Å². The molecule has 3 rings (SSSR count). The molecule has 0 radical (unpaired) electrons. The highest BCUT2D eigenvalue weighted by Crippen LogP contribution is 2.30. The van der Waals surface area contributed by atoms with Crippen LogP contribution >= 0.6 is 0 Å². The largest absolute Gasteiger partial charge is 0.325 e. The van der Waals surface area contributed by atoms with Crippen molar-refractivity contribution in [1.29, 1.82) is 0 Å². The van der Waals surface area contributed by atoms with Gasteiger partial charge in [0.05, 0.1) is 4.90 Å². The van der Waals surface area contributed by atoms with Gasteiger partial charge in [-0.1, -0.05) is 39.8 Å². The Kier molecular flexibility index (Phi) is 7.59. The molecule has 0 fully saturated rings. The molecule has 1 heterocycles. The minimum atomic E-state index is -3.93. The van der Waals surface area contributed by atoms with E-state index < -0.39 is 22.0 Å². The van der Waals surface area contributed by atoms with Crippen LogP contribution in [0.2, 0.25) is 0 Å². The van der Waals surface area contributed by atoms with Crippen LogP contribution in [0.5, 0.6) is 0 Å². The highest BCUT2D eigenvalue weighted by molar-refractivity contribution is 7.89. The molecule has 0 saturated heterocycles. The van der Waals surface area contributed by atoms with E-state index in [4.69, 9.17) is 0 Å². The number of carbonyl (C=O) groups is 2. The number of benzene rings is 2. The van der Waals surface area contributed by atoms with Crippen molar-refractivity contribution in [1.82, 2.24) is 4.72 Å². The maximum Gasteiger partial charge on any atom is 0.242 e. The summed E-state index contributed by atoms with van der Waals surface area (Å²) in [6.07, 6.45) is 0.957. The molecule has 8 heteroatoms. The molecule has 0 unspecified atom stereocenters. The third-order valence-electron chi connectivity index (χ3n) is 5.80. The smallest absolute Gasteiger partial charge is 0.242 e. The van der Waals surface area contributed by atoms with E-state index in [1.807, 2.05) is 38.1 Å². The van der Waals surface area contributed by atoms with E-state index in [0.717, 1.165) is 16.8 Å². The van der Waals surface area contributed by atoms with Crippen LogP contribution in [0.15, 0.2) is 47.4 Å². The standard InChI is InChI=1S/C25H33N3O4S/c1-16(2)14-23(25(30)26-21-8-6-19(7-9-21)17(3)4)27-33(31,32)22-10-11-24-20(15-22)12-13-28(24)18(5)29/h6-11,15-17,23,27H,12-14H2,1-5H3,(H,26,30)/t23-/m1/s1. The van der Waals surface area contributed by atoms with Crippen molar-refractivity contribution < 1.29 is 18.0 Å². The second-order valence-corrected chi connectivity index (χ2v) is 11.0. The van der Waals surface area contributed by atoms with Crippen LogP contribution < -0.4 is 14.9 Å². The molecule has 7 nitrogen and oxygen atoms in total. The molecule has 178 valence electrons. The van der Waals surface area contributed by atoms with Gasteiger partial charge in [-0.3, -0.25) is 9.59 Å². The summed E-state index contributed by atoms with van der Waals surface area (Å²) < 4.78 is 28.9. The average Bonchev–Trinajstić information content (AvgIpc) is 3.17. The van der Waals surface area contributed by atoms with Gasteiger partial charge < -0.3 is 10.2 Å². The Morgan fingerprint density at radius 1 is 1.03 bits per heavy atom. The normalized spacial score (nSPS) is 14.5. The predicted molar refractivity (Wildman–Crippen MR) is 131 cm³/mol. The SMILES string of the molecule is CC(=O)N1CCc2cc(S(=O)(=O)N[C@H](CC(C)C)C(=O)Nc3ccc(C(C)C)cc3)ccc21. The summed E-state index contributed by atoms with van der Waals surface area (Å²) in [5.41, 5.74) is 3.33. The lowest BCUT2D eigenvalue weighted by Gasteiger charge is -2.21. The Bertz CT molecular complexity index is 1120. The van der Waals surface area contributed by atoms with E-state index in [9.17, 15) is 18.0 Å². The first-order chi connectivity index (χ1) is 15.5. The quantitative estimate of drug-likeness (QED) is 0.607. The van der Waals surface area contributed by atoms with Gasteiger partial charge in [0, 0.05) is 24.8 Å². The molecule has 0 aromatic heterocycles. The summed E-state index contributed by atoms with van der Waals surface area (Å²) in [5, 5.41) is 2.84. The molecule has 1 aliphatic heterocycles. The zero-order valence-electron chi connectivity index (χ0n) is 19.9. The monoisotopic (exact) mass is 471 g/mol. The third-order valence-corrected chi connectivity index (χ3v) is 7.27. The zero-order chi connectivity index (χ0) is 24.3. The van der Waals surface area contributed by atoms with E-state index >= 15 is 0 Å². The molecule has 0 saturated carbocycles. The number of anilines is 2. The highest BCUT2D eigenvalue weighted by Gasteiger charge is 2.29. The van der Waals surface area contributed by atoms with Crippen LogP contribution in [0, 0.1) is 5.92 Å². The van der Waals surface area contributed by atoms with E-state index in [0.29, 0.717) is 31.0 Å². The van der Waals surface area contributed by atoms with Gasteiger partial charge in [0.15, 0.2) is 0 Å². The van der Waals surface area contributed by atoms with Crippen molar-refractivity contribution in [3.8, 4) is 0 Å². The molecule has 0 bridgehead atoms. The molecule has 33 heavy (non-hydrogen) atoms. The maximum atomic E-state index is 13.1. The van der Waals surface area contributed by atoms with Crippen molar-refractivity contribution in [2.75, 3.05) is 16.8 Å². The van der Waals surface area contributed by atoms with Crippen molar-refractivity contribution in [2.24, 2.45) is 5.92 Å². The van der Waals surface area contributed by atoms with Crippen LogP contribution in [0.4, 0.5) is 11.4 Å². The van der Waals surface area contributed by atoms with Gasteiger partial charge in [0.2, 0.25) is 21.8 Å². The predicted octanol–water partition coefficient (Wildman–Crippen LogP) is 4.05. The second kappa shape index (κ2) is 10.1. The molecule has 2 amide bonds. The summed E-state index contributed by atoms with van der Waals surface area (Å²) in [5.74, 6) is 0.0204. The van der Waals surface area contributed by atoms with Gasteiger partial charge in [-0.15, -0.1) is 0 Å². The van der Waals surface area contributed by atoms with Crippen LogP contribution in [-0.4, -0.2) is 32.8 Å². The fourth-order valence-electron chi connectivity index (χ4n) is 3.99. The number of hydrogen-bond acceptors (Lipinski definition) is 4. The Morgan fingerprint density at radius 2 is 1.70 bits per heavy atom. The average molecular weight is 472 g/mol. The number of carbonyl (C=O) groups excluding carboxylic acids is 2. The first-order valence-electron chi connectivity index (χ1n) is 11.3. The van der Waals surface area contributed by atoms with Crippen LogP contribution in [0.3, 0.4) is 0 Å². The topological polar surface area (TPSA) is 95.6 Å². The number of hydrogen-bond donors (Lipinski definition) is 2. The molecule has 2 aromatic carbocycles. The highest BCUT2D eigenvalue weighted by atomic mass is 32.2. The Labute approximate surface area is 196 Å². The van der Waals surface area contributed by atoms with Gasteiger partial charge in [-0.25, -0.2) is 8.42 Å². The number of sulfonamides is 1. The van der Waals surface area contributed by atoms with Crippen molar-refractivity contribution in [3.63, 3.8) is 0 Å². The number of nitrogens with one attached hydrogen (secondary N) is 2. The summed E-state index contributed by atoms with van der Waals surface area (Å²) in [6, 6.07) is 11.4. The molecule has 2 N–H and O–H groups in total. The van der Waals surface area contributed by atoms with Gasteiger partial charge in [-0.05, 0) is 66.1 Å². The molecular weight excluding hydrogens is 438 g/mol. The third kappa shape index (κ3) is 6.00. The molecule has 0 spiro atoms. The minimum Gasteiger partial charge on any atom is -0.325 e. The number of nitrogens with zero attached hydrogens (tertiary/aromatic N) is 1. The number of amides is 2. The van der Waals surface area contributed by atoms with Crippen LogP contribution in [0.25, 0.3) is 0 Å². The van der Waals surface area contributed by atoms with E-state index in [1.54, 1.807) is 17.0 Å². The molecule has 0 aliphatic carbocycles. The minimum absolute atomic E-state index is 0.0717. The second-order valence-electron chi connectivity index (χ2n) is 9.28. The lowest BCUT2D eigenvalue weighted by molar-refractivity contribution is -0.118. The van der Waals surface area contributed by atoms with Gasteiger partial charge in [-0.2, -0.15) is 4.72 Å². The van der Waals surface area contributed by atoms with Crippen LogP contribution in [-0.2, 0) is 26.0 Å². The molecule has 1 aliphatic rings. The summed E-state index contributed by atoms with van der Waals surface area (Å²) in [6.45, 7) is 10.1. The summed E-state index contributed by atoms with van der Waals surface area (Å²) >= 11 is 0. The van der Waals surface area contributed by atoms with Crippen molar-refractivity contribution in [2.45, 2.75) is 64.3 Å². The van der Waals surface area contributed by atoms with Crippen LogP contribution in [0.1, 0.15) is 58.1 Å². The number of fused-ring (bicyclic) bond motifs is 1. The van der Waals surface area contributed by atoms with E-state index in [1.165, 1.54) is 13.0 Å². The number of rotatable bonds is 8. The van der Waals surface area contributed by atoms with Gasteiger partial charge >= 0.3 is 0 Å². The Hall–Kier alpha value is -2.71. The summed E-state index contributed by atoms with van der Waals surface area (Å²) in [7, 11) is -3.93. The first-order valence-corrected chi connectivity index (χ1v) is 12.8. The Balaban J connectivity index is 1.79. The van der Waals surface area contributed by atoms with Gasteiger partial charge in [0.25, 0.3) is 0 Å². The van der Waals surface area contributed by atoms with E-state index in [2.05, 4.69) is 23.9 Å². The molecule has 1 atom stereocenters. The lowest BCUT2D eigenvalue weighted by atomic mass is 10.0. The molecular formula is C25H33N3O4S. The zero-order valence-corrected chi connectivity index (χ0v) is 20.7. The first kappa shape index (κ1) is 24.9. The van der Waals surface area contributed by atoms with E-state index in [-0.39, 0.29) is 16.7 Å². The van der Waals surface area contributed by atoms with Crippen molar-refractivity contribution in [3.05, 3.63) is 53.6 Å². The Morgan fingerprint density at radius 3 is 2.27 bits per heavy atom. The fraction of sp³-hybridized carbons (Fsp3) is 0.440.